The first-order valence-corrected chi connectivity index (χ1v) is 11.0. The van der Waals surface area contributed by atoms with Crippen molar-refractivity contribution in [3.05, 3.63) is 60.2 Å². The molecule has 0 aliphatic carbocycles. The molecule has 1 unspecified atom stereocenters. The van der Waals surface area contributed by atoms with Crippen LogP contribution in [0.15, 0.2) is 53.7 Å². The molecule has 1 aliphatic rings. The molecule has 0 saturated carbocycles. The maximum Gasteiger partial charge on any atom is 0.417 e. The molecule has 1 saturated heterocycles. The Morgan fingerprint density at radius 3 is 2.82 bits per heavy atom. The summed E-state index contributed by atoms with van der Waals surface area (Å²) in [7, 11) is 0. The second-order valence-corrected chi connectivity index (χ2v) is 8.30. The van der Waals surface area contributed by atoms with Crippen LogP contribution in [0.1, 0.15) is 5.56 Å². The van der Waals surface area contributed by atoms with Crippen LogP contribution in [0.25, 0.3) is 10.9 Å². The van der Waals surface area contributed by atoms with Gasteiger partial charge in [-0.05, 0) is 30.3 Å². The number of thioether (sulfide) groups is 1. The number of rotatable bonds is 6. The molecule has 2 aromatic heterocycles. The average Bonchev–Trinajstić information content (AvgIpc) is 2.81. The van der Waals surface area contributed by atoms with E-state index in [0.29, 0.717) is 30.3 Å². The first kappa shape index (κ1) is 23.2. The van der Waals surface area contributed by atoms with E-state index in [9.17, 15) is 22.4 Å². The quantitative estimate of drug-likeness (QED) is 0.389. The van der Waals surface area contributed by atoms with Crippen LogP contribution in [-0.2, 0) is 15.7 Å². The van der Waals surface area contributed by atoms with Gasteiger partial charge in [-0.2, -0.15) is 13.2 Å². The minimum absolute atomic E-state index is 0.0439. The van der Waals surface area contributed by atoms with Crippen LogP contribution in [0.5, 0.6) is 5.88 Å². The van der Waals surface area contributed by atoms with E-state index in [2.05, 4.69) is 9.97 Å². The fourth-order valence-electron chi connectivity index (χ4n) is 3.31. The Balaban J connectivity index is 1.30. The summed E-state index contributed by atoms with van der Waals surface area (Å²) < 4.78 is 62.5. The van der Waals surface area contributed by atoms with Crippen molar-refractivity contribution in [2.24, 2.45) is 0 Å². The summed E-state index contributed by atoms with van der Waals surface area (Å²) in [4.78, 5) is 23.0. The van der Waals surface area contributed by atoms with Gasteiger partial charge in [0.25, 0.3) is 0 Å². The lowest BCUT2D eigenvalue weighted by atomic mass is 10.2. The highest BCUT2D eigenvalue weighted by Crippen LogP contribution is 2.29. The molecule has 3 aromatic rings. The van der Waals surface area contributed by atoms with Crippen molar-refractivity contribution >= 4 is 28.6 Å². The normalized spacial score (nSPS) is 16.7. The van der Waals surface area contributed by atoms with Crippen molar-refractivity contribution in [2.75, 3.05) is 32.1 Å². The summed E-state index contributed by atoms with van der Waals surface area (Å²) in [6.07, 6.45) is -2.58. The highest BCUT2D eigenvalue weighted by molar-refractivity contribution is 8.00. The monoisotopic (exact) mass is 481 g/mol. The van der Waals surface area contributed by atoms with E-state index in [-0.39, 0.29) is 36.5 Å². The number of morpholine rings is 1. The maximum absolute atomic E-state index is 13.6. The van der Waals surface area contributed by atoms with E-state index in [1.807, 2.05) is 0 Å². The number of carbonyl (C=O) groups excluding carboxylic acids is 1. The van der Waals surface area contributed by atoms with Gasteiger partial charge in [0.2, 0.25) is 11.8 Å². The van der Waals surface area contributed by atoms with Gasteiger partial charge >= 0.3 is 6.18 Å². The third-order valence-electron chi connectivity index (χ3n) is 4.99. The highest BCUT2D eigenvalue weighted by atomic mass is 32.2. The Kier molecular flexibility index (Phi) is 6.99. The van der Waals surface area contributed by atoms with Crippen LogP contribution in [0.2, 0.25) is 0 Å². The second kappa shape index (κ2) is 9.92. The van der Waals surface area contributed by atoms with Gasteiger partial charge in [-0.3, -0.25) is 9.78 Å². The zero-order chi connectivity index (χ0) is 23.4. The van der Waals surface area contributed by atoms with Gasteiger partial charge < -0.3 is 14.4 Å². The lowest BCUT2D eigenvalue weighted by Gasteiger charge is -2.32. The molecule has 1 aromatic carbocycles. The number of carbonyl (C=O) groups is 1. The molecule has 1 aliphatic heterocycles. The molecule has 33 heavy (non-hydrogen) atoms. The van der Waals surface area contributed by atoms with E-state index >= 15 is 0 Å². The Hall–Kier alpha value is -2.92. The number of nitrogens with zero attached hydrogens (tertiary/aromatic N) is 3. The van der Waals surface area contributed by atoms with E-state index in [1.165, 1.54) is 23.9 Å². The van der Waals surface area contributed by atoms with Crippen molar-refractivity contribution in [1.29, 1.82) is 0 Å². The summed E-state index contributed by atoms with van der Waals surface area (Å²) in [6, 6.07) is 8.11. The SMILES string of the molecule is O=C(CSc1ccnc2ccc(F)cc12)N1CCOC(COc2ccc(C(F)(F)F)cn2)C1. The number of benzene rings is 1. The van der Waals surface area contributed by atoms with Crippen molar-refractivity contribution < 1.29 is 31.8 Å². The fourth-order valence-corrected chi connectivity index (χ4v) is 4.25. The number of pyridine rings is 2. The number of alkyl halides is 3. The number of amides is 1. The van der Waals surface area contributed by atoms with Crippen LogP contribution >= 0.6 is 11.8 Å². The van der Waals surface area contributed by atoms with Crippen LogP contribution < -0.4 is 4.74 Å². The van der Waals surface area contributed by atoms with Crippen LogP contribution in [0, 0.1) is 5.82 Å². The minimum atomic E-state index is -4.46. The number of hydrogen-bond donors (Lipinski definition) is 0. The number of ether oxygens (including phenoxy) is 2. The first-order valence-electron chi connectivity index (χ1n) is 10.0. The van der Waals surface area contributed by atoms with Crippen molar-refractivity contribution in [3.8, 4) is 5.88 Å². The molecule has 3 heterocycles. The zero-order valence-electron chi connectivity index (χ0n) is 17.2. The van der Waals surface area contributed by atoms with Crippen molar-refractivity contribution in [2.45, 2.75) is 17.2 Å². The molecule has 4 rings (SSSR count). The fraction of sp³-hybridized carbons (Fsp3) is 0.318. The second-order valence-electron chi connectivity index (χ2n) is 7.29. The molecule has 1 fully saturated rings. The summed E-state index contributed by atoms with van der Waals surface area (Å²) in [5.41, 5.74) is -0.211. The molecule has 0 spiro atoms. The predicted molar refractivity (Wildman–Crippen MR) is 113 cm³/mol. The van der Waals surface area contributed by atoms with Gasteiger partial charge in [0.15, 0.2) is 0 Å². The smallest absolute Gasteiger partial charge is 0.417 e. The van der Waals surface area contributed by atoms with E-state index in [0.717, 1.165) is 17.0 Å². The van der Waals surface area contributed by atoms with Gasteiger partial charge in [0.1, 0.15) is 18.5 Å². The van der Waals surface area contributed by atoms with Crippen LogP contribution in [-0.4, -0.2) is 58.9 Å². The first-order chi connectivity index (χ1) is 15.8. The standard InChI is InChI=1S/C22H19F4N3O3S/c23-15-2-3-18-17(9-15)19(5-6-27-18)33-13-21(30)29-7-8-31-16(11-29)12-32-20-4-1-14(10-28-20)22(24,25)26/h1-6,9-10,16H,7-8,11-13H2. The minimum Gasteiger partial charge on any atom is -0.475 e. The molecular weight excluding hydrogens is 462 g/mol. The average molecular weight is 481 g/mol. The summed E-state index contributed by atoms with van der Waals surface area (Å²) in [5, 5.41) is 0.646. The summed E-state index contributed by atoms with van der Waals surface area (Å²) >= 11 is 1.30. The molecule has 0 radical (unpaired) electrons. The van der Waals surface area contributed by atoms with Crippen molar-refractivity contribution in [1.82, 2.24) is 14.9 Å². The number of hydrogen-bond acceptors (Lipinski definition) is 6. The van der Waals surface area contributed by atoms with E-state index in [1.54, 1.807) is 23.2 Å². The maximum atomic E-state index is 13.6. The largest absolute Gasteiger partial charge is 0.475 e. The predicted octanol–water partition coefficient (Wildman–Crippen LogP) is 4.19. The molecule has 11 heteroatoms. The number of aromatic nitrogens is 2. The van der Waals surface area contributed by atoms with E-state index in [4.69, 9.17) is 9.47 Å². The van der Waals surface area contributed by atoms with E-state index < -0.39 is 17.8 Å². The molecule has 0 bridgehead atoms. The number of fused-ring (bicyclic) bond motifs is 1. The van der Waals surface area contributed by atoms with Crippen LogP contribution in [0.4, 0.5) is 17.6 Å². The van der Waals surface area contributed by atoms with Gasteiger partial charge in [-0.25, -0.2) is 9.37 Å². The van der Waals surface area contributed by atoms with Gasteiger partial charge in [0.05, 0.1) is 30.0 Å². The number of halogens is 4. The van der Waals surface area contributed by atoms with Crippen LogP contribution in [0.3, 0.4) is 0 Å². The topological polar surface area (TPSA) is 64.6 Å². The van der Waals surface area contributed by atoms with Gasteiger partial charge in [-0.15, -0.1) is 11.8 Å². The summed E-state index contributed by atoms with van der Waals surface area (Å²) in [5.74, 6) is -0.282. The van der Waals surface area contributed by atoms with Crippen molar-refractivity contribution in [3.63, 3.8) is 0 Å². The Labute approximate surface area is 190 Å². The third kappa shape index (κ3) is 5.91. The molecule has 6 nitrogen and oxygen atoms in total. The third-order valence-corrected chi connectivity index (χ3v) is 6.05. The highest BCUT2D eigenvalue weighted by Gasteiger charge is 2.31. The Bertz CT molecular complexity index is 1130. The zero-order valence-corrected chi connectivity index (χ0v) is 18.0. The lowest BCUT2D eigenvalue weighted by Crippen LogP contribution is -2.48. The Morgan fingerprint density at radius 1 is 1.21 bits per heavy atom. The van der Waals surface area contributed by atoms with Gasteiger partial charge in [-0.1, -0.05) is 0 Å². The Morgan fingerprint density at radius 2 is 2.06 bits per heavy atom. The summed E-state index contributed by atoms with van der Waals surface area (Å²) in [6.45, 7) is 1.06. The lowest BCUT2D eigenvalue weighted by molar-refractivity contribution is -0.138. The molecule has 1 amide bonds. The molecular formula is C22H19F4N3O3S. The van der Waals surface area contributed by atoms with Gasteiger partial charge in [0, 0.05) is 35.3 Å². The molecule has 174 valence electrons. The molecule has 1 atom stereocenters. The molecule has 0 N–H and O–H groups in total.